The van der Waals surface area contributed by atoms with Gasteiger partial charge < -0.3 is 20.1 Å². The zero-order valence-electron chi connectivity index (χ0n) is 15.1. The first kappa shape index (κ1) is 16.2. The van der Waals surface area contributed by atoms with Crippen LogP contribution < -0.4 is 20.1 Å². The van der Waals surface area contributed by atoms with E-state index in [1.807, 2.05) is 0 Å². The highest BCUT2D eigenvalue weighted by Crippen LogP contribution is 2.40. The van der Waals surface area contributed by atoms with Gasteiger partial charge in [0.2, 0.25) is 0 Å². The van der Waals surface area contributed by atoms with E-state index in [-0.39, 0.29) is 0 Å². The Morgan fingerprint density at radius 3 is 2.88 bits per heavy atom. The number of fused-ring (bicyclic) bond motifs is 2. The van der Waals surface area contributed by atoms with Crippen molar-refractivity contribution < 1.29 is 9.47 Å². The largest absolute Gasteiger partial charge is 0.493 e. The van der Waals surface area contributed by atoms with Crippen LogP contribution in [-0.4, -0.2) is 25.8 Å². The Morgan fingerprint density at radius 2 is 1.96 bits per heavy atom. The molecule has 2 aromatic carbocycles. The quantitative estimate of drug-likeness (QED) is 0.889. The van der Waals surface area contributed by atoms with Crippen LogP contribution in [0, 0.1) is 0 Å². The molecule has 3 aliphatic heterocycles. The highest BCUT2D eigenvalue weighted by atomic mass is 16.5. The third-order valence-corrected chi connectivity index (χ3v) is 5.92. The zero-order valence-corrected chi connectivity index (χ0v) is 15.1. The number of rotatable bonds is 4. The van der Waals surface area contributed by atoms with Crippen LogP contribution in [0.25, 0.3) is 0 Å². The van der Waals surface area contributed by atoms with E-state index in [4.69, 9.17) is 9.47 Å². The van der Waals surface area contributed by atoms with Crippen molar-refractivity contribution in [2.24, 2.45) is 0 Å². The van der Waals surface area contributed by atoms with Gasteiger partial charge in [-0.25, -0.2) is 0 Å². The van der Waals surface area contributed by atoms with Crippen molar-refractivity contribution in [3.63, 3.8) is 0 Å². The van der Waals surface area contributed by atoms with Crippen molar-refractivity contribution in [1.29, 1.82) is 0 Å². The van der Waals surface area contributed by atoms with Crippen molar-refractivity contribution >= 4 is 0 Å². The number of hydrogen-bond acceptors (Lipinski definition) is 4. The van der Waals surface area contributed by atoms with Crippen LogP contribution in [0.5, 0.6) is 11.5 Å². The summed E-state index contributed by atoms with van der Waals surface area (Å²) in [7, 11) is 0. The minimum Gasteiger partial charge on any atom is -0.493 e. The average molecular weight is 350 g/mol. The van der Waals surface area contributed by atoms with Gasteiger partial charge in [-0.05, 0) is 31.0 Å². The number of nitrogens with one attached hydrogen (secondary N) is 2. The first-order valence-corrected chi connectivity index (χ1v) is 9.85. The third kappa shape index (κ3) is 2.87. The van der Waals surface area contributed by atoms with Crippen molar-refractivity contribution in [2.45, 2.75) is 44.3 Å². The molecule has 2 unspecified atom stereocenters. The van der Waals surface area contributed by atoms with Gasteiger partial charge in [-0.1, -0.05) is 30.3 Å². The molecular weight excluding hydrogens is 324 g/mol. The second kappa shape index (κ2) is 6.93. The van der Waals surface area contributed by atoms with Gasteiger partial charge >= 0.3 is 0 Å². The molecule has 26 heavy (non-hydrogen) atoms. The highest BCUT2D eigenvalue weighted by molar-refractivity contribution is 5.56. The Hall–Kier alpha value is -2.04. The predicted molar refractivity (Wildman–Crippen MR) is 102 cm³/mol. The standard InChI is InChI=1S/C22H26N2O2/c1-2-5-15(6-3-1)21-19(7-4-10-23-21)24-14-18-17-9-12-25-20(17)13-16-8-11-26-22(16)18/h1-3,5-6,13,19,21,23-24H,4,7-12,14H2. The fourth-order valence-corrected chi connectivity index (χ4v) is 4.62. The fraction of sp³-hybridized carbons (Fsp3) is 0.455. The van der Waals surface area contributed by atoms with Gasteiger partial charge in [-0.15, -0.1) is 0 Å². The first-order chi connectivity index (χ1) is 12.9. The molecule has 0 spiro atoms. The number of benzene rings is 2. The van der Waals surface area contributed by atoms with Crippen LogP contribution in [0.2, 0.25) is 0 Å². The van der Waals surface area contributed by atoms with E-state index in [1.54, 1.807) is 0 Å². The van der Waals surface area contributed by atoms with Gasteiger partial charge in [-0.2, -0.15) is 0 Å². The molecule has 0 bridgehead atoms. The van der Waals surface area contributed by atoms with Crippen molar-refractivity contribution in [1.82, 2.24) is 10.6 Å². The first-order valence-electron chi connectivity index (χ1n) is 9.85. The second-order valence-corrected chi connectivity index (χ2v) is 7.49. The van der Waals surface area contributed by atoms with E-state index in [2.05, 4.69) is 47.0 Å². The summed E-state index contributed by atoms with van der Waals surface area (Å²) >= 11 is 0. The van der Waals surface area contributed by atoms with Crippen LogP contribution in [0.1, 0.15) is 41.1 Å². The number of hydrogen-bond donors (Lipinski definition) is 2. The summed E-state index contributed by atoms with van der Waals surface area (Å²) in [6.07, 6.45) is 4.40. The average Bonchev–Trinajstić information content (AvgIpc) is 3.35. The topological polar surface area (TPSA) is 42.5 Å². The van der Waals surface area contributed by atoms with E-state index < -0.39 is 0 Å². The Kier molecular flexibility index (Phi) is 4.31. The summed E-state index contributed by atoms with van der Waals surface area (Å²) in [5, 5.41) is 7.56. The van der Waals surface area contributed by atoms with Crippen LogP contribution in [0.3, 0.4) is 0 Å². The monoisotopic (exact) mass is 350 g/mol. The smallest absolute Gasteiger partial charge is 0.127 e. The lowest BCUT2D eigenvalue weighted by Gasteiger charge is -2.34. The molecule has 2 N–H and O–H groups in total. The van der Waals surface area contributed by atoms with E-state index in [9.17, 15) is 0 Å². The molecular formula is C22H26N2O2. The number of piperidine rings is 1. The Bertz CT molecular complexity index is 758. The minimum absolute atomic E-state index is 0.368. The molecule has 4 heteroatoms. The molecule has 136 valence electrons. The molecule has 1 saturated heterocycles. The molecule has 0 aliphatic carbocycles. The molecule has 3 heterocycles. The lowest BCUT2D eigenvalue weighted by Crippen LogP contribution is -2.45. The number of ether oxygens (including phenoxy) is 2. The summed E-state index contributed by atoms with van der Waals surface area (Å²) < 4.78 is 11.8. The SMILES string of the molecule is c1ccc(C2NCCCC2NCc2c3c(cc4c2OCC4)OCC3)cc1. The molecule has 2 aromatic rings. The van der Waals surface area contributed by atoms with E-state index in [0.717, 1.165) is 50.6 Å². The van der Waals surface area contributed by atoms with Crippen LogP contribution >= 0.6 is 0 Å². The van der Waals surface area contributed by atoms with Gasteiger partial charge in [-0.3, -0.25) is 0 Å². The lowest BCUT2D eigenvalue weighted by molar-refractivity contribution is 0.301. The Balaban J connectivity index is 1.39. The van der Waals surface area contributed by atoms with Crippen molar-refractivity contribution in [3.05, 3.63) is 58.7 Å². The molecule has 0 amide bonds. The molecule has 0 aromatic heterocycles. The van der Waals surface area contributed by atoms with Gasteiger partial charge in [0.1, 0.15) is 11.5 Å². The maximum absolute atomic E-state index is 6.00. The maximum Gasteiger partial charge on any atom is 0.127 e. The zero-order chi connectivity index (χ0) is 17.3. The van der Waals surface area contributed by atoms with E-state index in [0.29, 0.717) is 12.1 Å². The maximum atomic E-state index is 6.00. The summed E-state index contributed by atoms with van der Waals surface area (Å²) in [6.45, 7) is 3.53. The lowest BCUT2D eigenvalue weighted by atomic mass is 9.91. The molecule has 4 nitrogen and oxygen atoms in total. The summed E-state index contributed by atoms with van der Waals surface area (Å²) in [4.78, 5) is 0. The second-order valence-electron chi connectivity index (χ2n) is 7.49. The van der Waals surface area contributed by atoms with Gasteiger partial charge in [0.25, 0.3) is 0 Å². The molecule has 0 radical (unpaired) electrons. The van der Waals surface area contributed by atoms with Gasteiger partial charge in [0.05, 0.1) is 13.2 Å². The van der Waals surface area contributed by atoms with Crippen LogP contribution in [-0.2, 0) is 19.4 Å². The molecule has 2 atom stereocenters. The summed E-state index contributed by atoms with van der Waals surface area (Å²) in [5.41, 5.74) is 5.35. The highest BCUT2D eigenvalue weighted by Gasteiger charge is 2.29. The Morgan fingerprint density at radius 1 is 1.08 bits per heavy atom. The summed E-state index contributed by atoms with van der Waals surface area (Å²) in [5.74, 6) is 2.19. The summed E-state index contributed by atoms with van der Waals surface area (Å²) in [6, 6.07) is 13.8. The molecule has 5 rings (SSSR count). The molecule has 0 saturated carbocycles. The Labute approximate surface area is 154 Å². The normalized spacial score (nSPS) is 23.8. The fourth-order valence-electron chi connectivity index (χ4n) is 4.62. The van der Waals surface area contributed by atoms with Crippen LogP contribution in [0.4, 0.5) is 0 Å². The van der Waals surface area contributed by atoms with Gasteiger partial charge in [0, 0.05) is 48.2 Å². The third-order valence-electron chi connectivity index (χ3n) is 5.92. The van der Waals surface area contributed by atoms with E-state index in [1.165, 1.54) is 35.1 Å². The van der Waals surface area contributed by atoms with E-state index >= 15 is 0 Å². The molecule has 3 aliphatic rings. The minimum atomic E-state index is 0.368. The molecule has 1 fully saturated rings. The van der Waals surface area contributed by atoms with Crippen molar-refractivity contribution in [2.75, 3.05) is 19.8 Å². The van der Waals surface area contributed by atoms with Gasteiger partial charge in [0.15, 0.2) is 0 Å². The van der Waals surface area contributed by atoms with Crippen LogP contribution in [0.15, 0.2) is 36.4 Å². The predicted octanol–water partition coefficient (Wildman–Crippen LogP) is 3.14. The van der Waals surface area contributed by atoms with Crippen molar-refractivity contribution in [3.8, 4) is 11.5 Å².